The van der Waals surface area contributed by atoms with Crippen LogP contribution in [0.4, 0.5) is 0 Å². The summed E-state index contributed by atoms with van der Waals surface area (Å²) in [5, 5.41) is 0. The van der Waals surface area contributed by atoms with E-state index in [1.807, 2.05) is 26.8 Å². The molecule has 0 amide bonds. The summed E-state index contributed by atoms with van der Waals surface area (Å²) < 4.78 is 17.1. The van der Waals surface area contributed by atoms with Gasteiger partial charge in [0, 0.05) is 34.3 Å². The number of esters is 1. The van der Waals surface area contributed by atoms with Crippen LogP contribution >= 0.6 is 0 Å². The second-order valence-electron chi connectivity index (χ2n) is 11.8. The van der Waals surface area contributed by atoms with Crippen LogP contribution in [-0.2, 0) is 23.9 Å². The Hall–Kier alpha value is -2.21. The highest BCUT2D eigenvalue weighted by atomic mass is 16.6. The summed E-state index contributed by atoms with van der Waals surface area (Å²) in [7, 11) is 0. The van der Waals surface area contributed by atoms with E-state index in [1.54, 1.807) is 18.6 Å². The predicted octanol–water partition coefficient (Wildman–Crippen LogP) is 4.20. The lowest BCUT2D eigenvalue weighted by molar-refractivity contribution is -0.177. The van der Waals surface area contributed by atoms with Crippen LogP contribution < -0.4 is 0 Å². The van der Waals surface area contributed by atoms with Crippen LogP contribution in [-0.4, -0.2) is 29.7 Å². The number of carbonyl (C=O) groups is 3. The van der Waals surface area contributed by atoms with Crippen molar-refractivity contribution >= 4 is 17.5 Å². The van der Waals surface area contributed by atoms with Crippen molar-refractivity contribution in [3.05, 3.63) is 35.8 Å². The molecule has 0 aromatic carbocycles. The number of fused-ring (bicyclic) bond motifs is 7. The van der Waals surface area contributed by atoms with Crippen molar-refractivity contribution in [1.82, 2.24) is 0 Å². The Balaban J connectivity index is 1.51. The summed E-state index contributed by atoms with van der Waals surface area (Å²) in [5.41, 5.74) is -0.516. The van der Waals surface area contributed by atoms with Crippen molar-refractivity contribution in [1.29, 1.82) is 0 Å². The van der Waals surface area contributed by atoms with Gasteiger partial charge in [0.05, 0.1) is 24.0 Å². The predicted molar refractivity (Wildman–Crippen MR) is 113 cm³/mol. The minimum absolute atomic E-state index is 0.00107. The first-order valence-corrected chi connectivity index (χ1v) is 11.6. The Labute approximate surface area is 187 Å². The van der Waals surface area contributed by atoms with Gasteiger partial charge in [0.25, 0.3) is 0 Å². The number of Topliss-reactive ketones (excluding diaryl/α,β-unsaturated/α-hetero) is 2. The minimum atomic E-state index is -0.799. The second kappa shape index (κ2) is 5.82. The highest BCUT2D eigenvalue weighted by Gasteiger charge is 2.77. The molecule has 8 atom stereocenters. The summed E-state index contributed by atoms with van der Waals surface area (Å²) in [6, 6.07) is 1.83. The lowest BCUT2D eigenvalue weighted by Crippen LogP contribution is -2.66. The molecule has 6 nitrogen and oxygen atoms in total. The molecule has 6 heteroatoms. The number of cyclic esters (lactones) is 1. The van der Waals surface area contributed by atoms with Crippen LogP contribution in [0, 0.1) is 33.5 Å². The molecule has 1 aromatic heterocycles. The van der Waals surface area contributed by atoms with Crippen LogP contribution in [0.5, 0.6) is 0 Å². The molecule has 0 radical (unpaired) electrons. The quantitative estimate of drug-likeness (QED) is 0.483. The minimum Gasteiger partial charge on any atom is -0.472 e. The zero-order chi connectivity index (χ0) is 22.8. The molecular weight excluding hydrogens is 408 g/mol. The van der Waals surface area contributed by atoms with Gasteiger partial charge in [-0.05, 0) is 43.2 Å². The third-order valence-electron chi connectivity index (χ3n) is 10.1. The molecule has 32 heavy (non-hydrogen) atoms. The molecule has 3 heterocycles. The fourth-order valence-electron chi connectivity index (χ4n) is 8.38. The Morgan fingerprint density at radius 1 is 1.03 bits per heavy atom. The normalized spacial score (nSPS) is 48.6. The maximum absolute atomic E-state index is 14.0. The van der Waals surface area contributed by atoms with Gasteiger partial charge >= 0.3 is 5.97 Å². The Bertz CT molecular complexity index is 1080. The number of epoxide rings is 1. The fraction of sp³-hybridized carbons (Fsp3) is 0.654. The van der Waals surface area contributed by atoms with Crippen molar-refractivity contribution in [3.8, 4) is 0 Å². The second-order valence-corrected chi connectivity index (χ2v) is 11.8. The van der Waals surface area contributed by atoms with E-state index < -0.39 is 28.3 Å². The number of furan rings is 1. The Kier molecular flexibility index (Phi) is 3.71. The van der Waals surface area contributed by atoms with Gasteiger partial charge in [0.2, 0.25) is 0 Å². The number of ketones is 2. The first-order chi connectivity index (χ1) is 15.0. The highest BCUT2D eigenvalue weighted by molar-refractivity contribution is 5.97. The molecule has 5 aliphatic rings. The van der Waals surface area contributed by atoms with Crippen LogP contribution in [0.3, 0.4) is 0 Å². The van der Waals surface area contributed by atoms with E-state index in [4.69, 9.17) is 13.9 Å². The van der Waals surface area contributed by atoms with Gasteiger partial charge in [0.15, 0.2) is 5.78 Å². The van der Waals surface area contributed by atoms with Crippen molar-refractivity contribution in [3.63, 3.8) is 0 Å². The number of ether oxygens (including phenoxy) is 2. The van der Waals surface area contributed by atoms with Crippen LogP contribution in [0.25, 0.3) is 0 Å². The average Bonchev–Trinajstić information content (AvgIpc) is 3.37. The van der Waals surface area contributed by atoms with E-state index in [0.29, 0.717) is 6.42 Å². The van der Waals surface area contributed by atoms with E-state index in [0.717, 1.165) is 24.0 Å². The van der Waals surface area contributed by atoms with E-state index in [-0.39, 0.29) is 41.0 Å². The van der Waals surface area contributed by atoms with Crippen LogP contribution in [0.2, 0.25) is 0 Å². The molecule has 2 aliphatic heterocycles. The van der Waals surface area contributed by atoms with Crippen LogP contribution in [0.15, 0.2) is 34.7 Å². The van der Waals surface area contributed by atoms with Crippen molar-refractivity contribution in [2.24, 2.45) is 33.5 Å². The molecule has 0 N–H and O–H groups in total. The van der Waals surface area contributed by atoms with Crippen molar-refractivity contribution < 1.29 is 28.3 Å². The van der Waals surface area contributed by atoms with E-state index >= 15 is 0 Å². The number of hydrogen-bond donors (Lipinski definition) is 0. The fourth-order valence-corrected chi connectivity index (χ4v) is 8.38. The maximum Gasteiger partial charge on any atom is 0.331 e. The van der Waals surface area contributed by atoms with Gasteiger partial charge in [-0.1, -0.05) is 27.7 Å². The topological polar surface area (TPSA) is 86.1 Å². The summed E-state index contributed by atoms with van der Waals surface area (Å²) in [4.78, 5) is 39.8. The average molecular weight is 439 g/mol. The zero-order valence-corrected chi connectivity index (χ0v) is 19.3. The third-order valence-corrected chi connectivity index (χ3v) is 10.1. The molecule has 0 unspecified atom stereocenters. The Morgan fingerprint density at radius 3 is 2.47 bits per heavy atom. The molecule has 1 saturated heterocycles. The number of hydrogen-bond acceptors (Lipinski definition) is 6. The number of rotatable bonds is 1. The van der Waals surface area contributed by atoms with E-state index in [2.05, 4.69) is 13.8 Å². The highest BCUT2D eigenvalue weighted by Crippen LogP contribution is 2.73. The summed E-state index contributed by atoms with van der Waals surface area (Å²) in [6.07, 6.45) is 5.72. The van der Waals surface area contributed by atoms with Gasteiger partial charge in [0.1, 0.15) is 18.0 Å². The third kappa shape index (κ3) is 2.13. The van der Waals surface area contributed by atoms with E-state index in [9.17, 15) is 14.4 Å². The number of carbonyl (C=O) groups excluding carboxylic acids is 3. The Morgan fingerprint density at radius 2 is 1.78 bits per heavy atom. The van der Waals surface area contributed by atoms with Crippen molar-refractivity contribution in [2.75, 3.05) is 0 Å². The van der Waals surface area contributed by atoms with Crippen molar-refractivity contribution in [2.45, 2.75) is 72.2 Å². The monoisotopic (exact) mass is 438 g/mol. The van der Waals surface area contributed by atoms with Gasteiger partial charge in [-0.15, -0.1) is 0 Å². The molecule has 3 aliphatic carbocycles. The molecule has 0 spiro atoms. The smallest absolute Gasteiger partial charge is 0.331 e. The van der Waals surface area contributed by atoms with Gasteiger partial charge in [-0.2, -0.15) is 0 Å². The molecule has 3 saturated carbocycles. The molecule has 0 bridgehead atoms. The molecule has 4 fully saturated rings. The van der Waals surface area contributed by atoms with Gasteiger partial charge in [-0.3, -0.25) is 9.59 Å². The summed E-state index contributed by atoms with van der Waals surface area (Å²) in [6.45, 7) is 10.3. The lowest BCUT2D eigenvalue weighted by atomic mass is 9.37. The first-order valence-electron chi connectivity index (χ1n) is 11.6. The lowest BCUT2D eigenvalue weighted by Gasteiger charge is -2.65. The zero-order valence-electron chi connectivity index (χ0n) is 19.3. The summed E-state index contributed by atoms with van der Waals surface area (Å²) >= 11 is 0. The summed E-state index contributed by atoms with van der Waals surface area (Å²) in [5.74, 6) is -0.226. The van der Waals surface area contributed by atoms with Crippen LogP contribution in [0.1, 0.15) is 65.5 Å². The van der Waals surface area contributed by atoms with Gasteiger partial charge in [-0.25, -0.2) is 4.79 Å². The molecule has 1 aromatic rings. The SMILES string of the molecule is CC1(C)C(=O)[C@@H]2O[C@H]2[C@]2(C)[C@@H]3CC[C@]4(C)C(=CC(=O)O[C@@H]4c4ccoc4)[C@@]3(C)C(=O)C[C@@H]12. The largest absolute Gasteiger partial charge is 0.472 e. The maximum atomic E-state index is 14.0. The molecule has 6 rings (SSSR count). The molecular formula is C26H30O6. The van der Waals surface area contributed by atoms with Gasteiger partial charge < -0.3 is 13.9 Å². The van der Waals surface area contributed by atoms with E-state index in [1.165, 1.54) is 0 Å². The first kappa shape index (κ1) is 20.4. The molecule has 170 valence electrons. The standard InChI is InChI=1S/C26H30O6/c1-23(2)15-10-17(27)25(4)14(26(15,5)22-19(32-22)20(23)29)6-8-24(3)16(25)11-18(28)31-21(24)13-7-9-30-12-13/h7,9,11-12,14-15,19,21-22H,6,8,10H2,1-5H3/t14-,15+,19+,21-,22-,24-,25+,26-/m1/s1.